The van der Waals surface area contributed by atoms with Gasteiger partial charge >= 0.3 is 0 Å². The molecular formula is C12H12N2. The van der Waals surface area contributed by atoms with Crippen LogP contribution < -0.4 is 5.73 Å². The highest BCUT2D eigenvalue weighted by atomic mass is 14.7. The maximum absolute atomic E-state index is 5.83. The molecule has 0 spiro atoms. The summed E-state index contributed by atoms with van der Waals surface area (Å²) in [5, 5.41) is 1.12. The number of nitrogen functional groups attached to an aromatic ring is 1. The van der Waals surface area contributed by atoms with Crippen molar-refractivity contribution in [2.75, 3.05) is 5.73 Å². The Labute approximate surface area is 83.1 Å². The monoisotopic (exact) mass is 184 g/mol. The first-order chi connectivity index (χ1) is 6.83. The Morgan fingerprint density at radius 1 is 1.36 bits per heavy atom. The summed E-state index contributed by atoms with van der Waals surface area (Å²) in [5.41, 5.74) is 8.66. The van der Waals surface area contributed by atoms with Crippen LogP contribution in [0.1, 0.15) is 5.56 Å². The third-order valence-electron chi connectivity index (χ3n) is 2.26. The normalized spacial score (nSPS) is 10.3. The zero-order chi connectivity index (χ0) is 9.97. The van der Waals surface area contributed by atoms with E-state index in [2.05, 4.69) is 11.6 Å². The third-order valence-corrected chi connectivity index (χ3v) is 2.26. The first kappa shape index (κ1) is 8.75. The molecule has 1 aromatic carbocycles. The van der Waals surface area contributed by atoms with E-state index < -0.39 is 0 Å². The molecule has 0 saturated carbocycles. The summed E-state index contributed by atoms with van der Waals surface area (Å²) in [6, 6.07) is 7.89. The number of fused-ring (bicyclic) bond motifs is 1. The molecule has 2 aromatic rings. The number of hydrogen-bond donors (Lipinski definition) is 1. The van der Waals surface area contributed by atoms with Crippen molar-refractivity contribution < 1.29 is 0 Å². The predicted molar refractivity (Wildman–Crippen MR) is 60.1 cm³/mol. The number of benzene rings is 1. The Morgan fingerprint density at radius 3 is 3.00 bits per heavy atom. The largest absolute Gasteiger partial charge is 0.397 e. The van der Waals surface area contributed by atoms with E-state index >= 15 is 0 Å². The van der Waals surface area contributed by atoms with Gasteiger partial charge in [0.25, 0.3) is 0 Å². The van der Waals surface area contributed by atoms with Crippen molar-refractivity contribution in [3.8, 4) is 0 Å². The molecule has 0 fully saturated rings. The van der Waals surface area contributed by atoms with Gasteiger partial charge < -0.3 is 5.73 Å². The lowest BCUT2D eigenvalue weighted by Crippen LogP contribution is -1.92. The van der Waals surface area contributed by atoms with Crippen molar-refractivity contribution in [1.29, 1.82) is 0 Å². The van der Waals surface area contributed by atoms with E-state index in [-0.39, 0.29) is 0 Å². The van der Waals surface area contributed by atoms with Gasteiger partial charge in [0.1, 0.15) is 0 Å². The van der Waals surface area contributed by atoms with Gasteiger partial charge in [0.2, 0.25) is 0 Å². The summed E-state index contributed by atoms with van der Waals surface area (Å²) < 4.78 is 0. The van der Waals surface area contributed by atoms with Gasteiger partial charge in [-0.1, -0.05) is 18.2 Å². The van der Waals surface area contributed by atoms with Crippen molar-refractivity contribution in [2.45, 2.75) is 6.42 Å². The molecule has 0 saturated heterocycles. The van der Waals surface area contributed by atoms with Gasteiger partial charge in [-0.25, -0.2) is 0 Å². The Morgan fingerprint density at radius 2 is 2.21 bits per heavy atom. The second-order valence-corrected chi connectivity index (χ2v) is 3.21. The highest BCUT2D eigenvalue weighted by molar-refractivity contribution is 5.91. The highest BCUT2D eigenvalue weighted by Gasteiger charge is 2.02. The number of allylic oxidation sites excluding steroid dienone is 1. The van der Waals surface area contributed by atoms with Gasteiger partial charge in [-0.15, -0.1) is 6.58 Å². The predicted octanol–water partition coefficient (Wildman–Crippen LogP) is 2.55. The molecule has 14 heavy (non-hydrogen) atoms. The van der Waals surface area contributed by atoms with Crippen molar-refractivity contribution in [1.82, 2.24) is 4.98 Å². The van der Waals surface area contributed by atoms with Crippen molar-refractivity contribution >= 4 is 16.6 Å². The first-order valence-electron chi connectivity index (χ1n) is 4.56. The first-order valence-corrected chi connectivity index (χ1v) is 4.56. The zero-order valence-electron chi connectivity index (χ0n) is 7.90. The van der Waals surface area contributed by atoms with Crippen LogP contribution in [-0.2, 0) is 6.42 Å². The number of hydrogen-bond acceptors (Lipinski definition) is 2. The molecule has 2 N–H and O–H groups in total. The Kier molecular flexibility index (Phi) is 2.19. The van der Waals surface area contributed by atoms with E-state index in [9.17, 15) is 0 Å². The van der Waals surface area contributed by atoms with Gasteiger partial charge in [0, 0.05) is 11.6 Å². The van der Waals surface area contributed by atoms with E-state index in [0.29, 0.717) is 0 Å². The molecule has 2 heteroatoms. The summed E-state index contributed by atoms with van der Waals surface area (Å²) in [6.07, 6.45) is 4.50. The minimum Gasteiger partial charge on any atom is -0.397 e. The van der Waals surface area contributed by atoms with Gasteiger partial charge in [-0.3, -0.25) is 4.98 Å². The fourth-order valence-electron chi connectivity index (χ4n) is 1.59. The van der Waals surface area contributed by atoms with E-state index in [4.69, 9.17) is 5.73 Å². The number of nitrogens with zero attached hydrogens (tertiary/aromatic N) is 1. The van der Waals surface area contributed by atoms with Crippen LogP contribution in [0.2, 0.25) is 0 Å². The SMILES string of the molecule is C=CCc1ccc(N)c2ncccc12. The number of anilines is 1. The molecule has 1 heterocycles. The summed E-state index contributed by atoms with van der Waals surface area (Å²) in [5.74, 6) is 0. The molecule has 0 unspecified atom stereocenters. The minimum atomic E-state index is 0.730. The van der Waals surface area contributed by atoms with Crippen LogP contribution in [0.4, 0.5) is 5.69 Å². The van der Waals surface area contributed by atoms with Crippen LogP contribution in [-0.4, -0.2) is 4.98 Å². The van der Waals surface area contributed by atoms with Crippen molar-refractivity contribution in [3.63, 3.8) is 0 Å². The summed E-state index contributed by atoms with van der Waals surface area (Å²) in [6.45, 7) is 3.73. The van der Waals surface area contributed by atoms with Crippen LogP contribution in [0.25, 0.3) is 10.9 Å². The Hall–Kier alpha value is -1.83. The highest BCUT2D eigenvalue weighted by Crippen LogP contribution is 2.22. The Balaban J connectivity index is 2.74. The fraction of sp³-hybridized carbons (Fsp3) is 0.0833. The molecule has 70 valence electrons. The number of pyridine rings is 1. The van der Waals surface area contributed by atoms with Gasteiger partial charge in [-0.2, -0.15) is 0 Å². The van der Waals surface area contributed by atoms with Crippen LogP contribution >= 0.6 is 0 Å². The summed E-state index contributed by atoms with van der Waals surface area (Å²) >= 11 is 0. The molecule has 0 aliphatic heterocycles. The lowest BCUT2D eigenvalue weighted by molar-refractivity contribution is 1.29. The molecule has 0 bridgehead atoms. The second kappa shape index (κ2) is 3.50. The number of nitrogens with two attached hydrogens (primary N) is 1. The fourth-order valence-corrected chi connectivity index (χ4v) is 1.59. The number of rotatable bonds is 2. The third kappa shape index (κ3) is 1.35. The van der Waals surface area contributed by atoms with E-state index in [1.165, 1.54) is 5.56 Å². The van der Waals surface area contributed by atoms with E-state index in [0.717, 1.165) is 23.0 Å². The zero-order valence-corrected chi connectivity index (χ0v) is 7.90. The smallest absolute Gasteiger partial charge is 0.0933 e. The molecule has 0 atom stereocenters. The average Bonchev–Trinajstić information content (AvgIpc) is 2.23. The van der Waals surface area contributed by atoms with Gasteiger partial charge in [0.15, 0.2) is 0 Å². The molecular weight excluding hydrogens is 172 g/mol. The van der Waals surface area contributed by atoms with E-state index in [1.807, 2.05) is 30.3 Å². The van der Waals surface area contributed by atoms with Gasteiger partial charge in [0.05, 0.1) is 11.2 Å². The standard InChI is InChI=1S/C12H12N2/c1-2-4-9-6-7-11(13)12-10(9)5-3-8-14-12/h2-3,5-8H,1,4,13H2. The molecule has 0 amide bonds. The molecule has 0 aliphatic carbocycles. The molecule has 0 radical (unpaired) electrons. The molecule has 2 nitrogen and oxygen atoms in total. The lowest BCUT2D eigenvalue weighted by atomic mass is 10.0. The summed E-state index contributed by atoms with van der Waals surface area (Å²) in [7, 11) is 0. The maximum Gasteiger partial charge on any atom is 0.0933 e. The molecule has 0 aliphatic rings. The summed E-state index contributed by atoms with van der Waals surface area (Å²) in [4.78, 5) is 4.26. The van der Waals surface area contributed by atoms with Crippen molar-refractivity contribution in [2.24, 2.45) is 0 Å². The minimum absolute atomic E-state index is 0.730. The van der Waals surface area contributed by atoms with Crippen LogP contribution in [0.3, 0.4) is 0 Å². The molecule has 1 aromatic heterocycles. The average molecular weight is 184 g/mol. The lowest BCUT2D eigenvalue weighted by Gasteiger charge is -2.05. The quantitative estimate of drug-likeness (QED) is 0.575. The van der Waals surface area contributed by atoms with E-state index in [1.54, 1.807) is 6.20 Å². The Bertz CT molecular complexity index is 475. The van der Waals surface area contributed by atoms with Gasteiger partial charge in [-0.05, 0) is 24.1 Å². The topological polar surface area (TPSA) is 38.9 Å². The van der Waals surface area contributed by atoms with Crippen LogP contribution in [0.15, 0.2) is 43.1 Å². The van der Waals surface area contributed by atoms with Crippen LogP contribution in [0.5, 0.6) is 0 Å². The second-order valence-electron chi connectivity index (χ2n) is 3.21. The van der Waals surface area contributed by atoms with Crippen molar-refractivity contribution in [3.05, 3.63) is 48.7 Å². The maximum atomic E-state index is 5.83. The van der Waals surface area contributed by atoms with Crippen LogP contribution in [0, 0.1) is 0 Å². The number of aromatic nitrogens is 1. The molecule has 2 rings (SSSR count).